The Morgan fingerprint density at radius 1 is 1.17 bits per heavy atom. The van der Waals surface area contributed by atoms with Gasteiger partial charge in [0, 0.05) is 24.0 Å². The number of piperidine rings is 1. The molecular weight excluding hydrogens is 396 g/mol. The van der Waals surface area contributed by atoms with Gasteiger partial charge in [0.1, 0.15) is 0 Å². The lowest BCUT2D eigenvalue weighted by Crippen LogP contribution is -2.46. The molecule has 1 fully saturated rings. The van der Waals surface area contributed by atoms with Crippen molar-refractivity contribution in [3.8, 4) is 11.8 Å². The number of carbonyl (C=O) groups is 1. The molecule has 4 rings (SSSR count). The van der Waals surface area contributed by atoms with Crippen molar-refractivity contribution in [3.63, 3.8) is 0 Å². The molecule has 2 atom stereocenters. The molecule has 3 heterocycles. The normalized spacial score (nSPS) is 18.8. The van der Waals surface area contributed by atoms with E-state index in [9.17, 15) is 4.79 Å². The average molecular weight is 419 g/mol. The lowest BCUT2D eigenvalue weighted by Gasteiger charge is -2.38. The highest BCUT2D eigenvalue weighted by molar-refractivity contribution is 7.99. The number of hydrogen-bond acceptors (Lipinski definition) is 6. The minimum atomic E-state index is -0.0150. The van der Waals surface area contributed by atoms with E-state index in [0.29, 0.717) is 23.4 Å². The summed E-state index contributed by atoms with van der Waals surface area (Å²) in [6.07, 6.45) is 6.79. The summed E-state index contributed by atoms with van der Waals surface area (Å²) in [7, 11) is 0. The molecule has 0 saturated carbocycles. The quantitative estimate of drug-likeness (QED) is 0.643. The number of rotatable bonds is 4. The summed E-state index contributed by atoms with van der Waals surface area (Å²) in [5.74, 6) is -0.0150. The molecule has 152 valence electrons. The number of hydrogen-bond donors (Lipinski definition) is 0. The third-order valence-electron chi connectivity index (χ3n) is 5.27. The van der Waals surface area contributed by atoms with Crippen LogP contribution < -0.4 is 0 Å². The number of carbonyl (C=O) groups excluding carboxylic acids is 1. The Labute approximate surface area is 179 Å². The second-order valence-electron chi connectivity index (χ2n) is 7.46. The van der Waals surface area contributed by atoms with Gasteiger partial charge in [-0.15, -0.1) is 11.8 Å². The molecule has 0 radical (unpaired) electrons. The Morgan fingerprint density at radius 3 is 2.73 bits per heavy atom. The van der Waals surface area contributed by atoms with Crippen LogP contribution in [0.3, 0.4) is 0 Å². The van der Waals surface area contributed by atoms with Crippen LogP contribution in [0.15, 0.2) is 53.9 Å². The molecule has 1 aliphatic heterocycles. The maximum absolute atomic E-state index is 13.5. The molecule has 7 nitrogen and oxygen atoms in total. The summed E-state index contributed by atoms with van der Waals surface area (Å²) >= 11 is 1.63. The molecule has 8 heteroatoms. The van der Waals surface area contributed by atoms with E-state index in [2.05, 4.69) is 28.2 Å². The van der Waals surface area contributed by atoms with Crippen LogP contribution in [0.4, 0.5) is 0 Å². The van der Waals surface area contributed by atoms with Gasteiger partial charge in [-0.2, -0.15) is 20.3 Å². The minimum Gasteiger partial charge on any atom is -0.335 e. The molecule has 30 heavy (non-hydrogen) atoms. The summed E-state index contributed by atoms with van der Waals surface area (Å²) in [5, 5.41) is 18.6. The molecule has 0 spiro atoms. The number of nitrogens with zero attached hydrogens (tertiary/aromatic N) is 6. The predicted octanol–water partition coefficient (Wildman–Crippen LogP) is 3.63. The Balaban J connectivity index is 1.57. The molecule has 2 aromatic heterocycles. The van der Waals surface area contributed by atoms with Crippen LogP contribution >= 0.6 is 11.8 Å². The van der Waals surface area contributed by atoms with E-state index in [1.807, 2.05) is 30.0 Å². The Kier molecular flexibility index (Phi) is 5.81. The number of thioether (sulfide) groups is 1. The van der Waals surface area contributed by atoms with E-state index in [0.717, 1.165) is 23.4 Å². The molecular formula is C22H22N6OS. The molecule has 1 aliphatic rings. The first-order valence-corrected chi connectivity index (χ1v) is 10.7. The van der Waals surface area contributed by atoms with Gasteiger partial charge >= 0.3 is 0 Å². The minimum absolute atomic E-state index is 0.0150. The zero-order chi connectivity index (χ0) is 21.1. The summed E-state index contributed by atoms with van der Waals surface area (Å²) in [6.45, 7) is 4.70. The van der Waals surface area contributed by atoms with Crippen molar-refractivity contribution in [1.29, 1.82) is 5.26 Å². The average Bonchev–Trinajstić information content (AvgIpc) is 3.29. The van der Waals surface area contributed by atoms with Gasteiger partial charge in [-0.3, -0.25) is 4.79 Å². The zero-order valence-electron chi connectivity index (χ0n) is 16.9. The summed E-state index contributed by atoms with van der Waals surface area (Å²) in [4.78, 5) is 21.3. The molecule has 0 unspecified atom stereocenters. The van der Waals surface area contributed by atoms with Crippen LogP contribution in [0.1, 0.15) is 41.3 Å². The van der Waals surface area contributed by atoms with Crippen LogP contribution in [0.25, 0.3) is 5.69 Å². The molecule has 0 N–H and O–H groups in total. The first kappa shape index (κ1) is 20.1. The number of aromatic nitrogens is 4. The van der Waals surface area contributed by atoms with Crippen molar-refractivity contribution in [2.45, 2.75) is 43.0 Å². The van der Waals surface area contributed by atoms with E-state index in [4.69, 9.17) is 5.26 Å². The van der Waals surface area contributed by atoms with Crippen LogP contribution in [-0.2, 0) is 0 Å². The highest BCUT2D eigenvalue weighted by Gasteiger charge is 2.31. The summed E-state index contributed by atoms with van der Waals surface area (Å²) in [5.41, 5.74) is 2.93. The Morgan fingerprint density at radius 2 is 1.97 bits per heavy atom. The molecule has 0 bridgehead atoms. The molecule has 3 aromatic rings. The second-order valence-corrected chi connectivity index (χ2v) is 8.78. The SMILES string of the molecule is Cc1ccc(C(=O)N2C[C@H](Sc3cc(C#N)ccn3)CC[C@H]2C)c(-n2nccn2)c1. The lowest BCUT2D eigenvalue weighted by molar-refractivity contribution is 0.0641. The van der Waals surface area contributed by atoms with Crippen LogP contribution in [0, 0.1) is 18.3 Å². The van der Waals surface area contributed by atoms with Crippen molar-refractivity contribution in [1.82, 2.24) is 24.9 Å². The first-order valence-electron chi connectivity index (χ1n) is 9.86. The Bertz CT molecular complexity index is 1090. The van der Waals surface area contributed by atoms with Crippen molar-refractivity contribution < 1.29 is 4.79 Å². The number of aryl methyl sites for hydroxylation is 1. The number of nitriles is 1. The van der Waals surface area contributed by atoms with E-state index >= 15 is 0 Å². The van der Waals surface area contributed by atoms with Gasteiger partial charge in [0.25, 0.3) is 5.91 Å². The number of benzene rings is 1. The van der Waals surface area contributed by atoms with Crippen LogP contribution in [0.2, 0.25) is 0 Å². The number of likely N-dealkylation sites (tertiary alicyclic amines) is 1. The third kappa shape index (κ3) is 4.21. The molecule has 1 aromatic carbocycles. The largest absolute Gasteiger partial charge is 0.335 e. The van der Waals surface area contributed by atoms with Crippen LogP contribution in [-0.4, -0.2) is 48.6 Å². The van der Waals surface area contributed by atoms with Crippen LogP contribution in [0.5, 0.6) is 0 Å². The molecule has 1 amide bonds. The Hall–Kier alpha value is -3.18. The highest BCUT2D eigenvalue weighted by atomic mass is 32.2. The van der Waals surface area contributed by atoms with E-state index < -0.39 is 0 Å². The van der Waals surface area contributed by atoms with Crippen molar-refractivity contribution in [2.75, 3.05) is 6.54 Å². The number of amides is 1. The van der Waals surface area contributed by atoms with E-state index in [1.165, 1.54) is 4.80 Å². The van der Waals surface area contributed by atoms with Crippen molar-refractivity contribution in [3.05, 3.63) is 65.6 Å². The maximum atomic E-state index is 13.5. The topological polar surface area (TPSA) is 87.7 Å². The second kappa shape index (κ2) is 8.67. The number of pyridine rings is 1. The fourth-order valence-corrected chi connectivity index (χ4v) is 4.80. The van der Waals surface area contributed by atoms with Gasteiger partial charge in [-0.25, -0.2) is 4.98 Å². The van der Waals surface area contributed by atoms with Gasteiger partial charge in [-0.05, 0) is 56.5 Å². The van der Waals surface area contributed by atoms with Crippen molar-refractivity contribution >= 4 is 17.7 Å². The fraction of sp³-hybridized carbons (Fsp3) is 0.318. The van der Waals surface area contributed by atoms with Crippen molar-refractivity contribution in [2.24, 2.45) is 0 Å². The first-order chi connectivity index (χ1) is 14.5. The fourth-order valence-electron chi connectivity index (χ4n) is 3.65. The summed E-state index contributed by atoms with van der Waals surface area (Å²) < 4.78 is 0. The van der Waals surface area contributed by atoms with Gasteiger partial charge in [0.05, 0.1) is 40.3 Å². The van der Waals surface area contributed by atoms with E-state index in [1.54, 1.807) is 42.5 Å². The van der Waals surface area contributed by atoms with E-state index in [-0.39, 0.29) is 17.2 Å². The third-order valence-corrected chi connectivity index (χ3v) is 6.45. The maximum Gasteiger partial charge on any atom is 0.256 e. The molecule has 1 saturated heterocycles. The highest BCUT2D eigenvalue weighted by Crippen LogP contribution is 2.32. The van der Waals surface area contributed by atoms with Gasteiger partial charge in [-0.1, -0.05) is 6.07 Å². The lowest BCUT2D eigenvalue weighted by atomic mass is 10.0. The smallest absolute Gasteiger partial charge is 0.256 e. The van der Waals surface area contributed by atoms with Gasteiger partial charge in [0.15, 0.2) is 0 Å². The van der Waals surface area contributed by atoms with Gasteiger partial charge < -0.3 is 4.90 Å². The zero-order valence-corrected chi connectivity index (χ0v) is 17.7. The predicted molar refractivity (Wildman–Crippen MR) is 114 cm³/mol. The summed E-state index contributed by atoms with van der Waals surface area (Å²) in [6, 6.07) is 11.5. The monoisotopic (exact) mass is 418 g/mol. The molecule has 0 aliphatic carbocycles. The van der Waals surface area contributed by atoms with Gasteiger partial charge in [0.2, 0.25) is 0 Å². The standard InChI is InChI=1S/C22H22N6OS/c1-15-3-6-19(20(11-15)28-25-9-10-26-28)22(29)27-14-18(5-4-16(27)2)30-21-12-17(13-23)7-8-24-21/h3,6-12,16,18H,4-5,14H2,1-2H3/t16-,18-/m1/s1.